The lowest BCUT2D eigenvalue weighted by atomic mass is 10.2. The number of benzene rings is 1. The summed E-state index contributed by atoms with van der Waals surface area (Å²) in [6.45, 7) is 2.06. The highest BCUT2D eigenvalue weighted by Gasteiger charge is 2.08. The molecular formula is C12H12ClN3O2S. The average molecular weight is 298 g/mol. The molecule has 0 aliphatic heterocycles. The van der Waals surface area contributed by atoms with Crippen LogP contribution in [0.15, 0.2) is 24.3 Å². The van der Waals surface area contributed by atoms with Crippen LogP contribution >= 0.6 is 22.9 Å². The number of rotatable bonds is 4. The van der Waals surface area contributed by atoms with Crippen molar-refractivity contribution in [1.82, 2.24) is 10.2 Å². The number of hydrogen-bond acceptors (Lipinski definition) is 5. The van der Waals surface area contributed by atoms with Gasteiger partial charge in [0.15, 0.2) is 0 Å². The van der Waals surface area contributed by atoms with Gasteiger partial charge in [0.05, 0.1) is 6.61 Å². The molecule has 0 aliphatic rings. The largest absolute Gasteiger partial charge is 0.450 e. The van der Waals surface area contributed by atoms with E-state index in [-0.39, 0.29) is 0 Å². The number of hydrogen-bond donors (Lipinski definition) is 1. The van der Waals surface area contributed by atoms with Crippen LogP contribution < -0.4 is 5.32 Å². The van der Waals surface area contributed by atoms with E-state index in [1.54, 1.807) is 6.92 Å². The maximum atomic E-state index is 11.2. The van der Waals surface area contributed by atoms with Crippen molar-refractivity contribution in [1.29, 1.82) is 0 Å². The molecule has 2 rings (SSSR count). The van der Waals surface area contributed by atoms with Crippen molar-refractivity contribution in [2.24, 2.45) is 0 Å². The fraction of sp³-hybridized carbons (Fsp3) is 0.250. The highest BCUT2D eigenvalue weighted by molar-refractivity contribution is 7.15. The van der Waals surface area contributed by atoms with Crippen LogP contribution in [0.2, 0.25) is 5.02 Å². The minimum absolute atomic E-state index is 0.322. The first-order chi connectivity index (χ1) is 9.17. The number of aromatic nitrogens is 2. The Balaban J connectivity index is 1.97. The molecule has 0 atom stereocenters. The van der Waals surface area contributed by atoms with Crippen LogP contribution in [0.4, 0.5) is 9.93 Å². The van der Waals surface area contributed by atoms with E-state index < -0.39 is 6.09 Å². The van der Waals surface area contributed by atoms with Crippen molar-refractivity contribution < 1.29 is 9.53 Å². The van der Waals surface area contributed by atoms with Crippen LogP contribution in [0, 0.1) is 0 Å². The van der Waals surface area contributed by atoms with Crippen LogP contribution in [0.1, 0.15) is 17.5 Å². The first-order valence-electron chi connectivity index (χ1n) is 5.68. The van der Waals surface area contributed by atoms with Crippen molar-refractivity contribution in [2.45, 2.75) is 13.3 Å². The van der Waals surface area contributed by atoms with Crippen molar-refractivity contribution in [2.75, 3.05) is 11.9 Å². The lowest BCUT2D eigenvalue weighted by Gasteiger charge is -1.99. The molecule has 1 aromatic carbocycles. The molecule has 1 aromatic heterocycles. The molecule has 0 radical (unpaired) electrons. The smallest absolute Gasteiger partial charge is 0.413 e. The molecule has 0 saturated heterocycles. The quantitative estimate of drug-likeness (QED) is 0.940. The van der Waals surface area contributed by atoms with Gasteiger partial charge in [-0.15, -0.1) is 10.2 Å². The number of nitrogens with zero attached hydrogens (tertiary/aromatic N) is 2. The molecule has 0 fully saturated rings. The SMILES string of the molecule is CCOC(=O)Nc1nnc(Cc2ccc(Cl)cc2)s1. The van der Waals surface area contributed by atoms with Crippen molar-refractivity contribution >= 4 is 34.2 Å². The third-order valence-electron chi connectivity index (χ3n) is 2.22. The standard InChI is InChI=1S/C12H12ClN3O2S/c1-2-18-12(17)14-11-16-15-10(19-11)7-8-3-5-9(13)6-4-8/h3-6H,2,7H2,1H3,(H,14,16,17). The molecule has 0 spiro atoms. The molecule has 7 heteroatoms. The Kier molecular flexibility index (Phi) is 4.70. The van der Waals surface area contributed by atoms with Gasteiger partial charge in [0.2, 0.25) is 5.13 Å². The maximum absolute atomic E-state index is 11.2. The van der Waals surface area contributed by atoms with Crippen molar-refractivity contribution in [3.8, 4) is 0 Å². The summed E-state index contributed by atoms with van der Waals surface area (Å²) in [6, 6.07) is 7.52. The van der Waals surface area contributed by atoms with Gasteiger partial charge < -0.3 is 4.74 Å². The molecule has 1 amide bonds. The van der Waals surface area contributed by atoms with Gasteiger partial charge in [-0.3, -0.25) is 5.32 Å². The zero-order valence-electron chi connectivity index (χ0n) is 10.2. The van der Waals surface area contributed by atoms with Crippen LogP contribution in [0.5, 0.6) is 0 Å². The van der Waals surface area contributed by atoms with Gasteiger partial charge in [-0.25, -0.2) is 4.79 Å². The summed E-state index contributed by atoms with van der Waals surface area (Å²) in [7, 11) is 0. The van der Waals surface area contributed by atoms with E-state index in [1.165, 1.54) is 11.3 Å². The summed E-state index contributed by atoms with van der Waals surface area (Å²) >= 11 is 7.14. The van der Waals surface area contributed by atoms with Gasteiger partial charge in [0, 0.05) is 11.4 Å². The van der Waals surface area contributed by atoms with Gasteiger partial charge >= 0.3 is 6.09 Å². The third kappa shape index (κ3) is 4.18. The highest BCUT2D eigenvalue weighted by atomic mass is 35.5. The number of ether oxygens (including phenoxy) is 1. The maximum Gasteiger partial charge on any atom is 0.413 e. The minimum atomic E-state index is -0.517. The van der Waals surface area contributed by atoms with E-state index in [9.17, 15) is 4.79 Å². The van der Waals surface area contributed by atoms with E-state index in [4.69, 9.17) is 16.3 Å². The summed E-state index contributed by atoms with van der Waals surface area (Å²) in [4.78, 5) is 11.2. The number of nitrogens with one attached hydrogen (secondary N) is 1. The van der Waals surface area contributed by atoms with Gasteiger partial charge in [-0.2, -0.15) is 0 Å². The van der Waals surface area contributed by atoms with E-state index in [1.807, 2.05) is 24.3 Å². The van der Waals surface area contributed by atoms with Gasteiger partial charge in [0.1, 0.15) is 5.01 Å². The van der Waals surface area contributed by atoms with Crippen LogP contribution in [-0.2, 0) is 11.2 Å². The van der Waals surface area contributed by atoms with E-state index in [2.05, 4.69) is 15.5 Å². The fourth-order valence-corrected chi connectivity index (χ4v) is 2.29. The van der Waals surface area contributed by atoms with Gasteiger partial charge in [0.25, 0.3) is 0 Å². The molecule has 0 saturated carbocycles. The predicted octanol–water partition coefficient (Wildman–Crippen LogP) is 3.35. The lowest BCUT2D eigenvalue weighted by molar-refractivity contribution is 0.168. The Hall–Kier alpha value is -1.66. The molecule has 5 nitrogen and oxygen atoms in total. The van der Waals surface area contributed by atoms with E-state index in [0.29, 0.717) is 23.2 Å². The summed E-state index contributed by atoms with van der Waals surface area (Å²) in [6.07, 6.45) is 0.135. The Bertz CT molecular complexity index is 556. The molecule has 1 N–H and O–H groups in total. The highest BCUT2D eigenvalue weighted by Crippen LogP contribution is 2.19. The third-order valence-corrected chi connectivity index (χ3v) is 3.31. The first kappa shape index (κ1) is 13.8. The Morgan fingerprint density at radius 3 is 2.79 bits per heavy atom. The zero-order chi connectivity index (χ0) is 13.7. The van der Waals surface area contributed by atoms with Crippen LogP contribution in [0.3, 0.4) is 0 Å². The van der Waals surface area contributed by atoms with E-state index in [0.717, 1.165) is 10.6 Å². The second-order valence-electron chi connectivity index (χ2n) is 3.65. The van der Waals surface area contributed by atoms with Gasteiger partial charge in [-0.05, 0) is 24.6 Å². The monoisotopic (exact) mass is 297 g/mol. The number of halogens is 1. The summed E-state index contributed by atoms with van der Waals surface area (Å²) < 4.78 is 4.76. The van der Waals surface area contributed by atoms with Crippen LogP contribution in [0.25, 0.3) is 0 Å². The predicted molar refractivity (Wildman–Crippen MR) is 74.8 cm³/mol. The Labute approximate surface area is 119 Å². The molecule has 0 unspecified atom stereocenters. The number of carbonyl (C=O) groups excluding carboxylic acids is 1. The molecule has 100 valence electrons. The van der Waals surface area contributed by atoms with Gasteiger partial charge in [-0.1, -0.05) is 35.1 Å². The first-order valence-corrected chi connectivity index (χ1v) is 6.87. The van der Waals surface area contributed by atoms with Crippen LogP contribution in [-0.4, -0.2) is 22.9 Å². The molecule has 2 aromatic rings. The molecule has 1 heterocycles. The number of amides is 1. The van der Waals surface area contributed by atoms with Crippen molar-refractivity contribution in [3.05, 3.63) is 39.9 Å². The molecule has 0 bridgehead atoms. The topological polar surface area (TPSA) is 64.1 Å². The second-order valence-corrected chi connectivity index (χ2v) is 5.15. The van der Waals surface area contributed by atoms with Crippen molar-refractivity contribution in [3.63, 3.8) is 0 Å². The molecule has 19 heavy (non-hydrogen) atoms. The average Bonchev–Trinajstić information content (AvgIpc) is 2.80. The lowest BCUT2D eigenvalue weighted by Crippen LogP contribution is -2.12. The summed E-state index contributed by atoms with van der Waals surface area (Å²) in [5.74, 6) is 0. The summed E-state index contributed by atoms with van der Waals surface area (Å²) in [5, 5.41) is 12.4. The number of carbonyl (C=O) groups is 1. The number of anilines is 1. The normalized spacial score (nSPS) is 10.2. The second kappa shape index (κ2) is 6.49. The fourth-order valence-electron chi connectivity index (χ4n) is 1.41. The summed E-state index contributed by atoms with van der Waals surface area (Å²) in [5.41, 5.74) is 1.09. The Morgan fingerprint density at radius 1 is 1.37 bits per heavy atom. The molecule has 0 aliphatic carbocycles. The Morgan fingerprint density at radius 2 is 2.11 bits per heavy atom. The van der Waals surface area contributed by atoms with E-state index >= 15 is 0 Å². The minimum Gasteiger partial charge on any atom is -0.450 e. The molecular weight excluding hydrogens is 286 g/mol. The zero-order valence-corrected chi connectivity index (χ0v) is 11.8.